The van der Waals surface area contributed by atoms with E-state index in [0.29, 0.717) is 11.5 Å². The van der Waals surface area contributed by atoms with E-state index in [2.05, 4.69) is 4.98 Å². The Balaban J connectivity index is 1.94. The van der Waals surface area contributed by atoms with E-state index >= 15 is 0 Å². The van der Waals surface area contributed by atoms with E-state index in [4.69, 9.17) is 10.5 Å². The molecule has 0 saturated heterocycles. The van der Waals surface area contributed by atoms with Gasteiger partial charge in [0.1, 0.15) is 0 Å². The van der Waals surface area contributed by atoms with Gasteiger partial charge in [0.25, 0.3) is 0 Å². The van der Waals surface area contributed by atoms with Gasteiger partial charge in [0, 0.05) is 18.7 Å². The molecule has 2 aromatic rings. The summed E-state index contributed by atoms with van der Waals surface area (Å²) in [4.78, 5) is 4.22. The van der Waals surface area contributed by atoms with Crippen LogP contribution in [0.15, 0.2) is 12.1 Å². The number of halogens is 1. The summed E-state index contributed by atoms with van der Waals surface area (Å²) >= 11 is 0. The predicted molar refractivity (Wildman–Crippen MR) is 72.6 cm³/mol. The lowest BCUT2D eigenvalue weighted by molar-refractivity contribution is 0.284. The van der Waals surface area contributed by atoms with Crippen molar-refractivity contribution in [3.63, 3.8) is 0 Å². The van der Waals surface area contributed by atoms with Gasteiger partial charge in [-0.3, -0.25) is 0 Å². The summed E-state index contributed by atoms with van der Waals surface area (Å²) in [5.74, 6) is 1.08. The van der Waals surface area contributed by atoms with Crippen LogP contribution in [0.5, 0.6) is 5.75 Å². The number of hydrogen-bond acceptors (Lipinski definition) is 3. The number of hydrogen-bond donors (Lipinski definition) is 1. The third-order valence-corrected chi connectivity index (χ3v) is 4.04. The minimum atomic E-state index is -0.404. The van der Waals surface area contributed by atoms with Crippen LogP contribution in [0.25, 0.3) is 11.0 Å². The molecule has 0 amide bonds. The van der Waals surface area contributed by atoms with Gasteiger partial charge in [-0.25, -0.2) is 9.37 Å². The van der Waals surface area contributed by atoms with Crippen LogP contribution < -0.4 is 10.5 Å². The highest BCUT2D eigenvalue weighted by Crippen LogP contribution is 2.31. The van der Waals surface area contributed by atoms with E-state index in [1.54, 1.807) is 6.07 Å². The molecule has 3 rings (SSSR count). The number of nitrogen functional groups attached to an aromatic ring is 1. The SMILES string of the molecule is COc1cc2c(cc1F)nc(N)n2CCC1CCC1. The van der Waals surface area contributed by atoms with Crippen molar-refractivity contribution in [3.8, 4) is 5.75 Å². The van der Waals surface area contributed by atoms with Crippen LogP contribution in [0, 0.1) is 11.7 Å². The summed E-state index contributed by atoms with van der Waals surface area (Å²) in [6.45, 7) is 0.835. The first kappa shape index (κ1) is 12.3. The summed E-state index contributed by atoms with van der Waals surface area (Å²) in [5, 5.41) is 0. The molecule has 0 unspecified atom stereocenters. The largest absolute Gasteiger partial charge is 0.494 e. The van der Waals surface area contributed by atoms with Gasteiger partial charge in [-0.15, -0.1) is 0 Å². The summed E-state index contributed by atoms with van der Waals surface area (Å²) in [6, 6.07) is 3.05. The molecule has 1 fully saturated rings. The molecule has 2 N–H and O–H groups in total. The molecule has 1 aromatic carbocycles. The minimum absolute atomic E-state index is 0.234. The van der Waals surface area contributed by atoms with Crippen LogP contribution in [0.2, 0.25) is 0 Å². The average Bonchev–Trinajstić information content (AvgIpc) is 2.62. The van der Waals surface area contributed by atoms with Crippen molar-refractivity contribution in [2.24, 2.45) is 5.92 Å². The van der Waals surface area contributed by atoms with Gasteiger partial charge < -0.3 is 15.0 Å². The number of rotatable bonds is 4. The maximum absolute atomic E-state index is 13.6. The molecule has 1 aromatic heterocycles. The van der Waals surface area contributed by atoms with Crippen molar-refractivity contribution >= 4 is 17.0 Å². The molecule has 102 valence electrons. The number of aromatic nitrogens is 2. The maximum Gasteiger partial charge on any atom is 0.201 e. The minimum Gasteiger partial charge on any atom is -0.494 e. The summed E-state index contributed by atoms with van der Waals surface area (Å²) in [6.07, 6.45) is 5.06. The van der Waals surface area contributed by atoms with E-state index in [1.807, 2.05) is 4.57 Å². The number of methoxy groups -OCH3 is 1. The molecule has 1 saturated carbocycles. The molecule has 19 heavy (non-hydrogen) atoms. The highest BCUT2D eigenvalue weighted by molar-refractivity contribution is 5.80. The van der Waals surface area contributed by atoms with Crippen LogP contribution in [-0.4, -0.2) is 16.7 Å². The fourth-order valence-electron chi connectivity index (χ4n) is 2.63. The first-order chi connectivity index (χ1) is 9.19. The quantitative estimate of drug-likeness (QED) is 0.922. The van der Waals surface area contributed by atoms with E-state index in [-0.39, 0.29) is 5.75 Å². The summed E-state index contributed by atoms with van der Waals surface area (Å²) in [7, 11) is 1.46. The zero-order valence-corrected chi connectivity index (χ0v) is 11.0. The van der Waals surface area contributed by atoms with Gasteiger partial charge in [0.2, 0.25) is 5.95 Å². The number of ether oxygens (including phenoxy) is 1. The highest BCUT2D eigenvalue weighted by atomic mass is 19.1. The van der Waals surface area contributed by atoms with Crippen molar-refractivity contribution < 1.29 is 9.13 Å². The van der Waals surface area contributed by atoms with Crippen molar-refractivity contribution in [1.82, 2.24) is 9.55 Å². The standard InChI is InChI=1S/C14H18FN3O/c1-19-13-8-12-11(7-10(13)15)17-14(16)18(12)6-5-9-3-2-4-9/h7-9H,2-6H2,1H3,(H2,16,17). The summed E-state index contributed by atoms with van der Waals surface area (Å²) in [5.41, 5.74) is 7.36. The predicted octanol–water partition coefficient (Wildman–Crippen LogP) is 2.96. The normalized spacial score (nSPS) is 15.7. The Morgan fingerprint density at radius 3 is 2.89 bits per heavy atom. The van der Waals surface area contributed by atoms with E-state index in [1.165, 1.54) is 32.4 Å². The second-order valence-corrected chi connectivity index (χ2v) is 5.18. The Morgan fingerprint density at radius 2 is 2.26 bits per heavy atom. The van der Waals surface area contributed by atoms with Gasteiger partial charge in [-0.2, -0.15) is 0 Å². The Morgan fingerprint density at radius 1 is 1.47 bits per heavy atom. The third kappa shape index (κ3) is 2.13. The maximum atomic E-state index is 13.6. The molecule has 4 nitrogen and oxygen atoms in total. The van der Waals surface area contributed by atoms with Crippen molar-refractivity contribution in [1.29, 1.82) is 0 Å². The lowest BCUT2D eigenvalue weighted by atomic mass is 9.83. The fraction of sp³-hybridized carbons (Fsp3) is 0.500. The van der Waals surface area contributed by atoms with Gasteiger partial charge in [0.05, 0.1) is 18.1 Å². The second-order valence-electron chi connectivity index (χ2n) is 5.18. The summed E-state index contributed by atoms with van der Waals surface area (Å²) < 4.78 is 20.6. The first-order valence-corrected chi connectivity index (χ1v) is 6.68. The van der Waals surface area contributed by atoms with Gasteiger partial charge in [0.15, 0.2) is 11.6 Å². The Kier molecular flexibility index (Phi) is 3.05. The van der Waals surface area contributed by atoms with Crippen LogP contribution in [-0.2, 0) is 6.54 Å². The molecule has 0 atom stereocenters. The molecule has 1 aliphatic carbocycles. The second kappa shape index (κ2) is 4.72. The van der Waals surface area contributed by atoms with Crippen LogP contribution >= 0.6 is 0 Å². The number of benzene rings is 1. The number of nitrogens with zero attached hydrogens (tertiary/aromatic N) is 2. The Bertz CT molecular complexity index is 604. The third-order valence-electron chi connectivity index (χ3n) is 4.04. The monoisotopic (exact) mass is 263 g/mol. The Hall–Kier alpha value is -1.78. The Labute approximate surface area is 111 Å². The number of fused-ring (bicyclic) bond motifs is 1. The topological polar surface area (TPSA) is 53.1 Å². The van der Waals surface area contributed by atoms with Gasteiger partial charge >= 0.3 is 0 Å². The molecule has 0 radical (unpaired) electrons. The lowest BCUT2D eigenvalue weighted by Gasteiger charge is -2.25. The highest BCUT2D eigenvalue weighted by Gasteiger charge is 2.19. The van der Waals surface area contributed by atoms with Crippen LogP contribution in [0.4, 0.5) is 10.3 Å². The van der Waals surface area contributed by atoms with Crippen molar-refractivity contribution in [2.45, 2.75) is 32.2 Å². The molecular weight excluding hydrogens is 245 g/mol. The van der Waals surface area contributed by atoms with E-state index in [9.17, 15) is 4.39 Å². The molecule has 1 heterocycles. The molecular formula is C14H18FN3O. The van der Waals surface area contributed by atoms with E-state index in [0.717, 1.165) is 24.4 Å². The number of aryl methyl sites for hydroxylation is 1. The van der Waals surface area contributed by atoms with Crippen LogP contribution in [0.1, 0.15) is 25.7 Å². The molecule has 5 heteroatoms. The fourth-order valence-corrected chi connectivity index (χ4v) is 2.63. The number of anilines is 1. The van der Waals surface area contributed by atoms with E-state index < -0.39 is 5.82 Å². The molecule has 0 bridgehead atoms. The zero-order valence-electron chi connectivity index (χ0n) is 11.0. The van der Waals surface area contributed by atoms with Gasteiger partial charge in [-0.05, 0) is 12.3 Å². The van der Waals surface area contributed by atoms with Crippen molar-refractivity contribution in [2.75, 3.05) is 12.8 Å². The first-order valence-electron chi connectivity index (χ1n) is 6.68. The number of imidazole rings is 1. The number of nitrogens with two attached hydrogens (primary N) is 1. The smallest absolute Gasteiger partial charge is 0.201 e. The molecule has 0 aliphatic heterocycles. The van der Waals surface area contributed by atoms with Crippen molar-refractivity contribution in [3.05, 3.63) is 17.9 Å². The average molecular weight is 263 g/mol. The molecule has 0 spiro atoms. The lowest BCUT2D eigenvalue weighted by Crippen LogP contribution is -2.14. The zero-order chi connectivity index (χ0) is 13.4. The van der Waals surface area contributed by atoms with Crippen LogP contribution in [0.3, 0.4) is 0 Å². The van der Waals surface area contributed by atoms with Gasteiger partial charge in [-0.1, -0.05) is 19.3 Å². The molecule has 1 aliphatic rings.